The lowest BCUT2D eigenvalue weighted by Crippen LogP contribution is -2.15. The van der Waals surface area contributed by atoms with Crippen molar-refractivity contribution < 1.29 is 19.0 Å². The smallest absolute Gasteiger partial charge is 0.163 e. The van der Waals surface area contributed by atoms with E-state index >= 15 is 0 Å². The zero-order chi connectivity index (χ0) is 14.8. The van der Waals surface area contributed by atoms with Crippen LogP contribution in [0.5, 0.6) is 17.2 Å². The van der Waals surface area contributed by atoms with Gasteiger partial charge in [-0.3, -0.25) is 0 Å². The minimum absolute atomic E-state index is 0.0533. The summed E-state index contributed by atoms with van der Waals surface area (Å²) < 4.78 is 25.0. The molecule has 4 nitrogen and oxygen atoms in total. The number of anilines is 1. The van der Waals surface area contributed by atoms with Gasteiger partial charge in [0.1, 0.15) is 24.8 Å². The summed E-state index contributed by atoms with van der Waals surface area (Å²) in [6, 6.07) is 7.50. The van der Waals surface area contributed by atoms with Crippen molar-refractivity contribution in [2.75, 3.05) is 18.5 Å². The molecule has 0 spiro atoms. The fourth-order valence-electron chi connectivity index (χ4n) is 2.09. The molecule has 0 aliphatic carbocycles. The Bertz CT molecular complexity index is 678. The number of fused-ring (bicyclic) bond motifs is 1. The van der Waals surface area contributed by atoms with Crippen LogP contribution < -0.4 is 14.8 Å². The van der Waals surface area contributed by atoms with Crippen molar-refractivity contribution in [3.05, 3.63) is 46.2 Å². The number of rotatable bonds is 3. The van der Waals surface area contributed by atoms with Gasteiger partial charge in [-0.1, -0.05) is 0 Å². The molecule has 21 heavy (non-hydrogen) atoms. The van der Waals surface area contributed by atoms with Gasteiger partial charge >= 0.3 is 0 Å². The third-order valence-electron chi connectivity index (χ3n) is 3.14. The van der Waals surface area contributed by atoms with E-state index in [2.05, 4.69) is 21.2 Å². The molecule has 3 rings (SSSR count). The van der Waals surface area contributed by atoms with Gasteiger partial charge in [0.15, 0.2) is 11.5 Å². The molecule has 0 aromatic heterocycles. The Kier molecular flexibility index (Phi) is 3.88. The fourth-order valence-corrected chi connectivity index (χ4v) is 2.55. The molecular weight excluding hydrogens is 341 g/mol. The lowest BCUT2D eigenvalue weighted by molar-refractivity contribution is 0.171. The summed E-state index contributed by atoms with van der Waals surface area (Å²) in [5, 5.41) is 12.8. The predicted molar refractivity (Wildman–Crippen MR) is 80.5 cm³/mol. The Balaban J connectivity index is 1.80. The topological polar surface area (TPSA) is 50.7 Å². The van der Waals surface area contributed by atoms with Gasteiger partial charge in [0.05, 0.1) is 5.69 Å². The van der Waals surface area contributed by atoms with Crippen LogP contribution in [0.15, 0.2) is 34.8 Å². The Morgan fingerprint density at radius 2 is 1.86 bits per heavy atom. The van der Waals surface area contributed by atoms with Crippen LogP contribution in [0, 0.1) is 5.82 Å². The fraction of sp³-hybridized carbons (Fsp3) is 0.200. The molecule has 0 unspecified atom stereocenters. The monoisotopic (exact) mass is 353 g/mol. The molecule has 0 radical (unpaired) electrons. The van der Waals surface area contributed by atoms with E-state index < -0.39 is 0 Å². The van der Waals surface area contributed by atoms with E-state index in [-0.39, 0.29) is 11.6 Å². The van der Waals surface area contributed by atoms with E-state index in [9.17, 15) is 9.50 Å². The third-order valence-corrected chi connectivity index (χ3v) is 3.80. The first kappa shape index (κ1) is 14.0. The number of phenols is 1. The number of hydrogen-bond donors (Lipinski definition) is 2. The van der Waals surface area contributed by atoms with Crippen LogP contribution >= 0.6 is 15.9 Å². The minimum Gasteiger partial charge on any atom is -0.508 e. The van der Waals surface area contributed by atoms with Crippen molar-refractivity contribution in [2.24, 2.45) is 0 Å². The summed E-state index contributed by atoms with van der Waals surface area (Å²) in [6.07, 6.45) is 0. The lowest BCUT2D eigenvalue weighted by Gasteiger charge is -2.20. The number of phenolic OH excluding ortho intramolecular Hbond substituents is 1. The number of ether oxygens (including phenoxy) is 2. The first-order valence-corrected chi connectivity index (χ1v) is 7.23. The molecular formula is C15H13BrFNO3. The largest absolute Gasteiger partial charge is 0.508 e. The van der Waals surface area contributed by atoms with Crippen molar-refractivity contribution in [3.8, 4) is 17.2 Å². The van der Waals surface area contributed by atoms with Gasteiger partial charge in [-0.15, -0.1) is 0 Å². The predicted octanol–water partition coefficient (Wildman–Crippen LogP) is 3.68. The first-order valence-electron chi connectivity index (χ1n) is 6.44. The highest BCUT2D eigenvalue weighted by atomic mass is 79.9. The van der Waals surface area contributed by atoms with Crippen molar-refractivity contribution in [3.63, 3.8) is 0 Å². The molecule has 0 amide bonds. The molecule has 110 valence electrons. The van der Waals surface area contributed by atoms with Crippen LogP contribution in [-0.2, 0) is 6.54 Å². The van der Waals surface area contributed by atoms with Crippen LogP contribution in [0.2, 0.25) is 0 Å². The van der Waals surface area contributed by atoms with Gasteiger partial charge in [0.2, 0.25) is 0 Å². The number of benzene rings is 2. The summed E-state index contributed by atoms with van der Waals surface area (Å²) in [7, 11) is 0. The van der Waals surface area contributed by atoms with E-state index in [1.807, 2.05) is 12.1 Å². The van der Waals surface area contributed by atoms with Crippen LogP contribution in [-0.4, -0.2) is 18.3 Å². The molecule has 0 saturated heterocycles. The molecule has 1 aliphatic rings. The van der Waals surface area contributed by atoms with Gasteiger partial charge < -0.3 is 19.9 Å². The second-order valence-electron chi connectivity index (χ2n) is 4.60. The molecule has 6 heteroatoms. The van der Waals surface area contributed by atoms with Gasteiger partial charge in [-0.05, 0) is 34.1 Å². The SMILES string of the molecule is Oc1ccc(F)cc1CNc1cc2c(cc1Br)OCCO2. The maximum atomic E-state index is 13.2. The molecule has 2 aromatic carbocycles. The molecule has 0 atom stereocenters. The number of hydrogen-bond acceptors (Lipinski definition) is 4. The Morgan fingerprint density at radius 1 is 1.14 bits per heavy atom. The molecule has 0 saturated carbocycles. The van der Waals surface area contributed by atoms with Crippen molar-refractivity contribution in [1.82, 2.24) is 0 Å². The zero-order valence-corrected chi connectivity index (χ0v) is 12.6. The summed E-state index contributed by atoms with van der Waals surface area (Å²) in [4.78, 5) is 0. The molecule has 2 N–H and O–H groups in total. The standard InChI is InChI=1S/C15H13BrFNO3/c16-11-6-14-15(21-4-3-20-14)7-12(11)18-8-9-5-10(17)1-2-13(9)19/h1-2,5-7,18-19H,3-4,8H2. The quantitative estimate of drug-likeness (QED) is 0.883. The Morgan fingerprint density at radius 3 is 2.62 bits per heavy atom. The van der Waals surface area contributed by atoms with Gasteiger partial charge in [0.25, 0.3) is 0 Å². The van der Waals surface area contributed by atoms with Crippen LogP contribution in [0.4, 0.5) is 10.1 Å². The molecule has 1 heterocycles. The van der Waals surface area contributed by atoms with Crippen molar-refractivity contribution in [1.29, 1.82) is 0 Å². The van der Waals surface area contributed by atoms with E-state index in [1.54, 1.807) is 0 Å². The number of halogens is 2. The van der Waals surface area contributed by atoms with Crippen molar-refractivity contribution >= 4 is 21.6 Å². The van der Waals surface area contributed by atoms with E-state index in [0.717, 1.165) is 10.2 Å². The van der Waals surface area contributed by atoms with Gasteiger partial charge in [0, 0.05) is 28.7 Å². The maximum Gasteiger partial charge on any atom is 0.163 e. The van der Waals surface area contributed by atoms with Crippen molar-refractivity contribution in [2.45, 2.75) is 6.54 Å². The van der Waals surface area contributed by atoms with E-state index in [4.69, 9.17) is 9.47 Å². The summed E-state index contributed by atoms with van der Waals surface area (Å²) in [5.41, 5.74) is 1.26. The molecule has 2 aromatic rings. The summed E-state index contributed by atoms with van der Waals surface area (Å²) >= 11 is 3.45. The average molecular weight is 354 g/mol. The second-order valence-corrected chi connectivity index (χ2v) is 5.46. The van der Waals surface area contributed by atoms with Crippen LogP contribution in [0.1, 0.15) is 5.56 Å². The highest BCUT2D eigenvalue weighted by molar-refractivity contribution is 9.10. The Hall–Kier alpha value is -1.95. The van der Waals surface area contributed by atoms with Crippen LogP contribution in [0.3, 0.4) is 0 Å². The highest BCUT2D eigenvalue weighted by Crippen LogP contribution is 2.38. The second kappa shape index (κ2) is 5.81. The number of aromatic hydroxyl groups is 1. The minimum atomic E-state index is -0.383. The average Bonchev–Trinajstić information content (AvgIpc) is 2.48. The number of nitrogens with one attached hydrogen (secondary N) is 1. The zero-order valence-electron chi connectivity index (χ0n) is 11.0. The van der Waals surface area contributed by atoms with Gasteiger partial charge in [-0.25, -0.2) is 4.39 Å². The van der Waals surface area contributed by atoms with Crippen LogP contribution in [0.25, 0.3) is 0 Å². The van der Waals surface area contributed by atoms with E-state index in [1.165, 1.54) is 18.2 Å². The van der Waals surface area contributed by atoms with E-state index in [0.29, 0.717) is 36.8 Å². The molecule has 0 bridgehead atoms. The molecule has 1 aliphatic heterocycles. The molecule has 0 fully saturated rings. The normalized spacial score (nSPS) is 13.0. The first-order chi connectivity index (χ1) is 10.1. The lowest BCUT2D eigenvalue weighted by atomic mass is 10.2. The maximum absolute atomic E-state index is 13.2. The summed E-state index contributed by atoms with van der Waals surface area (Å²) in [6.45, 7) is 1.34. The van der Waals surface area contributed by atoms with Gasteiger partial charge in [-0.2, -0.15) is 0 Å². The highest BCUT2D eigenvalue weighted by Gasteiger charge is 2.15. The third kappa shape index (κ3) is 3.05. The Labute approximate surface area is 129 Å². The summed E-state index contributed by atoms with van der Waals surface area (Å²) in [5.74, 6) is 1.02.